The summed E-state index contributed by atoms with van der Waals surface area (Å²) >= 11 is 1.39. The fourth-order valence-corrected chi connectivity index (χ4v) is 2.65. The molecule has 0 aromatic carbocycles. The molecule has 0 spiro atoms. The minimum Gasteiger partial charge on any atom is -0.300 e. The highest BCUT2D eigenvalue weighted by atomic mass is 32.1. The minimum absolute atomic E-state index is 0.101. The summed E-state index contributed by atoms with van der Waals surface area (Å²) < 4.78 is 1.33. The van der Waals surface area contributed by atoms with E-state index in [1.54, 1.807) is 13.8 Å². The van der Waals surface area contributed by atoms with Crippen molar-refractivity contribution in [2.45, 2.75) is 33.7 Å². The zero-order valence-corrected chi connectivity index (χ0v) is 12.9. The van der Waals surface area contributed by atoms with E-state index in [0.29, 0.717) is 10.8 Å². The zero-order chi connectivity index (χ0) is 15.7. The molecule has 1 amide bonds. The van der Waals surface area contributed by atoms with Crippen molar-refractivity contribution in [2.75, 3.05) is 5.32 Å². The average Bonchev–Trinajstić information content (AvgIpc) is 2.92. The first-order valence-corrected chi connectivity index (χ1v) is 7.06. The van der Waals surface area contributed by atoms with E-state index in [-0.39, 0.29) is 11.6 Å². The van der Waals surface area contributed by atoms with Gasteiger partial charge in [-0.15, -0.1) is 11.3 Å². The first kappa shape index (κ1) is 15.1. The molecule has 2 rings (SSSR count). The van der Waals surface area contributed by atoms with Crippen LogP contribution in [0.5, 0.6) is 0 Å². The molecule has 0 fully saturated rings. The number of rotatable bonds is 4. The van der Waals surface area contributed by atoms with Gasteiger partial charge in [0, 0.05) is 4.88 Å². The van der Waals surface area contributed by atoms with E-state index in [4.69, 9.17) is 0 Å². The zero-order valence-electron chi connectivity index (χ0n) is 12.1. The van der Waals surface area contributed by atoms with Crippen molar-refractivity contribution in [3.63, 3.8) is 0 Å². The first-order chi connectivity index (χ1) is 9.81. The van der Waals surface area contributed by atoms with E-state index in [0.717, 1.165) is 16.8 Å². The van der Waals surface area contributed by atoms with Gasteiger partial charge in [-0.2, -0.15) is 5.10 Å². The average molecular weight is 309 g/mol. The Morgan fingerprint density at radius 3 is 2.62 bits per heavy atom. The molecule has 9 heteroatoms. The smallest absolute Gasteiger partial charge is 0.300 e. The lowest BCUT2D eigenvalue weighted by Gasteiger charge is -2.12. The number of thiazole rings is 1. The molecule has 0 saturated carbocycles. The van der Waals surface area contributed by atoms with E-state index in [1.807, 2.05) is 13.8 Å². The Labute approximate surface area is 125 Å². The standard InChI is InChI=1S/C12H15N5O3S/c1-6-9(4)21-12(14-6)15-11(18)8(3)16-7(2)10(5-13-16)17(19)20/h5,8H,1-4H3,(H,14,15,18). The summed E-state index contributed by atoms with van der Waals surface area (Å²) in [5.74, 6) is -0.315. The Balaban J connectivity index is 2.17. The van der Waals surface area contributed by atoms with Crippen molar-refractivity contribution in [1.82, 2.24) is 14.8 Å². The molecule has 21 heavy (non-hydrogen) atoms. The number of nitrogens with one attached hydrogen (secondary N) is 1. The highest BCUT2D eigenvalue weighted by molar-refractivity contribution is 7.15. The Hall–Kier alpha value is -2.29. The van der Waals surface area contributed by atoms with Crippen molar-refractivity contribution >= 4 is 28.1 Å². The summed E-state index contributed by atoms with van der Waals surface area (Å²) in [6.07, 6.45) is 1.15. The molecule has 0 aliphatic heterocycles. The Bertz CT molecular complexity index is 686. The first-order valence-electron chi connectivity index (χ1n) is 6.24. The SMILES string of the molecule is Cc1nc(NC(=O)C(C)n2ncc([N+](=O)[O-])c2C)sc1C. The topological polar surface area (TPSA) is 103 Å². The van der Waals surface area contributed by atoms with Gasteiger partial charge in [-0.05, 0) is 27.7 Å². The molecule has 0 bridgehead atoms. The number of nitro groups is 1. The highest BCUT2D eigenvalue weighted by Gasteiger charge is 2.24. The monoisotopic (exact) mass is 309 g/mol. The molecule has 1 N–H and O–H groups in total. The molecule has 0 aliphatic rings. The molecule has 1 unspecified atom stereocenters. The van der Waals surface area contributed by atoms with Crippen molar-refractivity contribution in [2.24, 2.45) is 0 Å². The minimum atomic E-state index is -0.664. The van der Waals surface area contributed by atoms with Gasteiger partial charge in [0.1, 0.15) is 17.9 Å². The van der Waals surface area contributed by atoms with Crippen LogP contribution in [0.4, 0.5) is 10.8 Å². The maximum Gasteiger partial charge on any atom is 0.309 e. The summed E-state index contributed by atoms with van der Waals surface area (Å²) in [4.78, 5) is 27.7. The molecule has 0 saturated heterocycles. The number of carbonyl (C=O) groups is 1. The number of hydrogen-bond acceptors (Lipinski definition) is 6. The van der Waals surface area contributed by atoms with E-state index in [9.17, 15) is 14.9 Å². The maximum absolute atomic E-state index is 12.2. The molecule has 2 aromatic heterocycles. The number of aromatic nitrogens is 3. The molecular weight excluding hydrogens is 294 g/mol. The molecular formula is C12H15N5O3S. The van der Waals surface area contributed by atoms with Gasteiger partial charge in [-0.25, -0.2) is 4.98 Å². The molecule has 2 aromatic rings. The Kier molecular flexibility index (Phi) is 4.03. The summed E-state index contributed by atoms with van der Waals surface area (Å²) in [7, 11) is 0. The van der Waals surface area contributed by atoms with Crippen LogP contribution in [0, 0.1) is 30.9 Å². The number of anilines is 1. The van der Waals surface area contributed by atoms with Gasteiger partial charge >= 0.3 is 5.69 Å². The highest BCUT2D eigenvalue weighted by Crippen LogP contribution is 2.24. The predicted molar refractivity (Wildman–Crippen MR) is 78.5 cm³/mol. The molecule has 8 nitrogen and oxygen atoms in total. The number of amides is 1. The van der Waals surface area contributed by atoms with Gasteiger partial charge in [0.2, 0.25) is 0 Å². The van der Waals surface area contributed by atoms with Crippen LogP contribution < -0.4 is 5.32 Å². The lowest BCUT2D eigenvalue weighted by atomic mass is 10.3. The van der Waals surface area contributed by atoms with Gasteiger partial charge in [-0.1, -0.05) is 0 Å². The van der Waals surface area contributed by atoms with Gasteiger partial charge in [0.05, 0.1) is 10.6 Å². The maximum atomic E-state index is 12.2. The summed E-state index contributed by atoms with van der Waals surface area (Å²) in [5.41, 5.74) is 1.11. The molecule has 0 radical (unpaired) electrons. The normalized spacial score (nSPS) is 12.2. The number of nitrogens with zero attached hydrogens (tertiary/aromatic N) is 4. The molecule has 1 atom stereocenters. The summed E-state index contributed by atoms with van der Waals surface area (Å²) in [6, 6.07) is -0.664. The van der Waals surface area contributed by atoms with E-state index >= 15 is 0 Å². The van der Waals surface area contributed by atoms with Crippen LogP contribution >= 0.6 is 11.3 Å². The van der Waals surface area contributed by atoms with E-state index in [2.05, 4.69) is 15.4 Å². The van der Waals surface area contributed by atoms with Crippen LogP contribution in [-0.4, -0.2) is 25.6 Å². The Morgan fingerprint density at radius 2 is 2.14 bits per heavy atom. The van der Waals surface area contributed by atoms with Crippen LogP contribution in [0.25, 0.3) is 0 Å². The third-order valence-corrected chi connectivity index (χ3v) is 4.21. The van der Waals surface area contributed by atoms with Gasteiger partial charge in [-0.3, -0.25) is 19.6 Å². The van der Waals surface area contributed by atoms with Gasteiger partial charge in [0.25, 0.3) is 5.91 Å². The third kappa shape index (κ3) is 2.92. The summed E-state index contributed by atoms with van der Waals surface area (Å²) in [5, 5.41) is 17.9. The lowest BCUT2D eigenvalue weighted by molar-refractivity contribution is -0.385. The van der Waals surface area contributed by atoms with Crippen molar-refractivity contribution in [1.29, 1.82) is 0 Å². The molecule has 2 heterocycles. The van der Waals surface area contributed by atoms with Gasteiger partial charge < -0.3 is 5.32 Å². The second kappa shape index (κ2) is 5.60. The molecule has 0 aliphatic carbocycles. The third-order valence-electron chi connectivity index (χ3n) is 3.22. The summed E-state index contributed by atoms with van der Waals surface area (Å²) in [6.45, 7) is 6.98. The van der Waals surface area contributed by atoms with Crippen molar-refractivity contribution in [3.8, 4) is 0 Å². The number of carbonyl (C=O) groups excluding carboxylic acids is 1. The predicted octanol–water partition coefficient (Wildman–Crippen LogP) is 2.37. The van der Waals surface area contributed by atoms with Crippen LogP contribution in [0.2, 0.25) is 0 Å². The second-order valence-corrected chi connectivity index (χ2v) is 5.85. The fraction of sp³-hybridized carbons (Fsp3) is 0.417. The fourth-order valence-electron chi connectivity index (χ4n) is 1.83. The van der Waals surface area contributed by atoms with Crippen molar-refractivity contribution in [3.05, 3.63) is 32.6 Å². The van der Waals surface area contributed by atoms with Crippen LogP contribution in [-0.2, 0) is 4.79 Å². The van der Waals surface area contributed by atoms with Crippen molar-refractivity contribution < 1.29 is 9.72 Å². The number of aryl methyl sites for hydroxylation is 2. The largest absolute Gasteiger partial charge is 0.309 e. The van der Waals surface area contributed by atoms with Crippen LogP contribution in [0.1, 0.15) is 29.2 Å². The van der Waals surface area contributed by atoms with E-state index in [1.165, 1.54) is 16.0 Å². The molecule has 112 valence electrons. The van der Waals surface area contributed by atoms with Crippen LogP contribution in [0.15, 0.2) is 6.20 Å². The number of hydrogen-bond donors (Lipinski definition) is 1. The van der Waals surface area contributed by atoms with E-state index < -0.39 is 11.0 Å². The Morgan fingerprint density at radius 1 is 1.48 bits per heavy atom. The van der Waals surface area contributed by atoms with Crippen LogP contribution in [0.3, 0.4) is 0 Å². The quantitative estimate of drug-likeness (QED) is 0.690. The lowest BCUT2D eigenvalue weighted by Crippen LogP contribution is -2.25. The van der Waals surface area contributed by atoms with Gasteiger partial charge in [0.15, 0.2) is 5.13 Å². The second-order valence-electron chi connectivity index (χ2n) is 4.64.